The van der Waals surface area contributed by atoms with Crippen molar-refractivity contribution in [3.05, 3.63) is 36.2 Å². The van der Waals surface area contributed by atoms with Crippen LogP contribution in [-0.4, -0.2) is 35.3 Å². The maximum atomic E-state index is 12.2. The zero-order valence-electron chi connectivity index (χ0n) is 12.6. The largest absolute Gasteiger partial charge is 0.479 e. The van der Waals surface area contributed by atoms with Crippen LogP contribution < -0.4 is 14.8 Å². The Hall–Kier alpha value is -3.16. The van der Waals surface area contributed by atoms with E-state index in [1.807, 2.05) is 18.2 Å². The van der Waals surface area contributed by atoms with Crippen LogP contribution in [0.3, 0.4) is 0 Å². The van der Waals surface area contributed by atoms with Gasteiger partial charge in [-0.2, -0.15) is 4.98 Å². The number of amides is 1. The highest BCUT2D eigenvalue weighted by molar-refractivity contribution is 5.95. The van der Waals surface area contributed by atoms with Crippen molar-refractivity contribution in [2.75, 3.05) is 19.5 Å². The van der Waals surface area contributed by atoms with Gasteiger partial charge in [-0.05, 0) is 12.1 Å². The minimum atomic E-state index is -0.281. The molecule has 2 heterocycles. The van der Waals surface area contributed by atoms with Crippen molar-refractivity contribution in [3.63, 3.8) is 0 Å². The van der Waals surface area contributed by atoms with E-state index >= 15 is 0 Å². The van der Waals surface area contributed by atoms with Crippen LogP contribution >= 0.6 is 0 Å². The van der Waals surface area contributed by atoms with E-state index in [-0.39, 0.29) is 24.2 Å². The number of ether oxygens (including phenoxy) is 2. The van der Waals surface area contributed by atoms with Gasteiger partial charge in [0.05, 0.1) is 26.8 Å². The Balaban J connectivity index is 1.77. The smallest absolute Gasteiger partial charge is 0.319 e. The fourth-order valence-corrected chi connectivity index (χ4v) is 2.10. The van der Waals surface area contributed by atoms with Gasteiger partial charge in [0.1, 0.15) is 11.4 Å². The molecule has 0 aliphatic carbocycles. The summed E-state index contributed by atoms with van der Waals surface area (Å²) < 4.78 is 15.2. The molecule has 0 atom stereocenters. The summed E-state index contributed by atoms with van der Waals surface area (Å²) in [5.74, 6) is -0.0636. The number of anilines is 1. The van der Waals surface area contributed by atoms with E-state index in [2.05, 4.69) is 20.4 Å². The minimum Gasteiger partial charge on any atom is -0.479 e. The molecule has 0 radical (unpaired) electrons. The van der Waals surface area contributed by atoms with E-state index in [1.54, 1.807) is 6.07 Å². The lowest BCUT2D eigenvalue weighted by molar-refractivity contribution is -0.115. The van der Waals surface area contributed by atoms with Gasteiger partial charge in [-0.15, -0.1) is 0 Å². The van der Waals surface area contributed by atoms with E-state index in [1.165, 1.54) is 20.4 Å². The molecule has 0 fully saturated rings. The van der Waals surface area contributed by atoms with Crippen LogP contribution in [0.5, 0.6) is 11.9 Å². The third-order valence-electron chi connectivity index (χ3n) is 3.16. The number of methoxy groups -OCH3 is 2. The Morgan fingerprint density at radius 2 is 2.09 bits per heavy atom. The molecular weight excluding hydrogens is 300 g/mol. The van der Waals surface area contributed by atoms with Gasteiger partial charge in [-0.25, -0.2) is 4.98 Å². The van der Waals surface area contributed by atoms with Crippen molar-refractivity contribution in [2.45, 2.75) is 6.42 Å². The van der Waals surface area contributed by atoms with Gasteiger partial charge in [-0.1, -0.05) is 17.3 Å². The normalized spacial score (nSPS) is 10.5. The van der Waals surface area contributed by atoms with Gasteiger partial charge >= 0.3 is 6.01 Å². The lowest BCUT2D eigenvalue weighted by Gasteiger charge is -2.09. The number of fused-ring (bicyclic) bond motifs is 1. The molecular formula is C15H14N4O4. The third kappa shape index (κ3) is 3.05. The van der Waals surface area contributed by atoms with Crippen molar-refractivity contribution in [1.82, 2.24) is 15.1 Å². The molecule has 8 heteroatoms. The van der Waals surface area contributed by atoms with Gasteiger partial charge in [0.25, 0.3) is 0 Å². The molecule has 0 spiro atoms. The first kappa shape index (κ1) is 14.8. The Labute approximate surface area is 131 Å². The SMILES string of the molecule is COc1ncc(NC(=O)Cc2noc3ccccc23)c(OC)n1. The van der Waals surface area contributed by atoms with Crippen molar-refractivity contribution in [2.24, 2.45) is 0 Å². The van der Waals surface area contributed by atoms with Crippen LogP contribution in [0.25, 0.3) is 11.0 Å². The summed E-state index contributed by atoms with van der Waals surface area (Å²) in [5, 5.41) is 7.42. The zero-order valence-corrected chi connectivity index (χ0v) is 12.6. The second-order valence-corrected chi connectivity index (χ2v) is 4.63. The van der Waals surface area contributed by atoms with Gasteiger partial charge in [-0.3, -0.25) is 4.79 Å². The van der Waals surface area contributed by atoms with E-state index in [4.69, 9.17) is 14.0 Å². The monoisotopic (exact) mass is 314 g/mol. The third-order valence-corrected chi connectivity index (χ3v) is 3.16. The average Bonchev–Trinajstić information content (AvgIpc) is 2.98. The van der Waals surface area contributed by atoms with E-state index in [9.17, 15) is 4.79 Å². The molecule has 0 aliphatic rings. The fourth-order valence-electron chi connectivity index (χ4n) is 2.10. The first-order valence-corrected chi connectivity index (χ1v) is 6.79. The molecule has 23 heavy (non-hydrogen) atoms. The van der Waals surface area contributed by atoms with Gasteiger partial charge in [0, 0.05) is 5.39 Å². The van der Waals surface area contributed by atoms with Crippen LogP contribution in [-0.2, 0) is 11.2 Å². The number of benzene rings is 1. The molecule has 0 bridgehead atoms. The summed E-state index contributed by atoms with van der Waals surface area (Å²) >= 11 is 0. The first-order chi connectivity index (χ1) is 11.2. The molecule has 2 aromatic heterocycles. The minimum absolute atomic E-state index is 0.0617. The highest BCUT2D eigenvalue weighted by Crippen LogP contribution is 2.23. The summed E-state index contributed by atoms with van der Waals surface area (Å²) in [6.07, 6.45) is 1.48. The highest BCUT2D eigenvalue weighted by Gasteiger charge is 2.15. The quantitative estimate of drug-likeness (QED) is 0.766. The van der Waals surface area contributed by atoms with Gasteiger partial charge in [0.2, 0.25) is 11.8 Å². The molecule has 3 rings (SSSR count). The molecule has 0 saturated heterocycles. The zero-order chi connectivity index (χ0) is 16.2. The number of nitrogens with one attached hydrogen (secondary N) is 1. The number of hydrogen-bond acceptors (Lipinski definition) is 7. The Morgan fingerprint density at radius 1 is 1.26 bits per heavy atom. The Kier molecular flexibility index (Phi) is 4.05. The number of carbonyl (C=O) groups excluding carboxylic acids is 1. The molecule has 3 aromatic rings. The molecule has 1 amide bonds. The molecule has 0 aliphatic heterocycles. The second kappa shape index (κ2) is 6.30. The number of carbonyl (C=O) groups is 1. The van der Waals surface area contributed by atoms with E-state index in [0.717, 1.165) is 5.39 Å². The van der Waals surface area contributed by atoms with Gasteiger partial charge < -0.3 is 19.3 Å². The molecule has 118 valence electrons. The number of rotatable bonds is 5. The molecule has 1 N–H and O–H groups in total. The van der Waals surface area contributed by atoms with Crippen LogP contribution in [0, 0.1) is 0 Å². The van der Waals surface area contributed by atoms with Crippen molar-refractivity contribution >= 4 is 22.6 Å². The van der Waals surface area contributed by atoms with E-state index < -0.39 is 0 Å². The second-order valence-electron chi connectivity index (χ2n) is 4.63. The lowest BCUT2D eigenvalue weighted by Crippen LogP contribution is -2.16. The van der Waals surface area contributed by atoms with Crippen molar-refractivity contribution in [3.8, 4) is 11.9 Å². The Bertz CT molecular complexity index is 846. The van der Waals surface area contributed by atoms with Gasteiger partial charge in [0.15, 0.2) is 5.58 Å². The summed E-state index contributed by atoms with van der Waals surface area (Å²) in [5.41, 5.74) is 1.55. The van der Waals surface area contributed by atoms with Crippen molar-refractivity contribution < 1.29 is 18.8 Å². The fraction of sp³-hybridized carbons (Fsp3) is 0.200. The van der Waals surface area contributed by atoms with E-state index in [0.29, 0.717) is 17.0 Å². The number of para-hydroxylation sites is 1. The maximum Gasteiger partial charge on any atom is 0.319 e. The highest BCUT2D eigenvalue weighted by atomic mass is 16.5. The topological polar surface area (TPSA) is 99.4 Å². The standard InChI is InChI=1S/C15H14N4O4/c1-21-14-11(8-16-15(18-14)22-2)17-13(20)7-10-9-5-3-4-6-12(9)23-19-10/h3-6,8H,7H2,1-2H3,(H,17,20). The average molecular weight is 314 g/mol. The van der Waals surface area contributed by atoms with Crippen LogP contribution in [0.2, 0.25) is 0 Å². The predicted octanol–water partition coefficient (Wildman–Crippen LogP) is 1.82. The molecule has 8 nitrogen and oxygen atoms in total. The molecule has 0 saturated carbocycles. The van der Waals surface area contributed by atoms with Crippen molar-refractivity contribution in [1.29, 1.82) is 0 Å². The summed E-state index contributed by atoms with van der Waals surface area (Å²) in [7, 11) is 2.89. The summed E-state index contributed by atoms with van der Waals surface area (Å²) in [6.45, 7) is 0. The van der Waals surface area contributed by atoms with Crippen LogP contribution in [0.4, 0.5) is 5.69 Å². The number of nitrogens with zero attached hydrogens (tertiary/aromatic N) is 3. The summed E-state index contributed by atoms with van der Waals surface area (Å²) in [4.78, 5) is 20.2. The number of hydrogen-bond donors (Lipinski definition) is 1. The van der Waals surface area contributed by atoms with Crippen LogP contribution in [0.1, 0.15) is 5.69 Å². The maximum absolute atomic E-state index is 12.2. The predicted molar refractivity (Wildman–Crippen MR) is 81.5 cm³/mol. The first-order valence-electron chi connectivity index (χ1n) is 6.79. The summed E-state index contributed by atoms with van der Waals surface area (Å²) in [6, 6.07) is 7.51. The molecule has 0 unspecified atom stereocenters. The number of aromatic nitrogens is 3. The Morgan fingerprint density at radius 3 is 2.87 bits per heavy atom. The van der Waals surface area contributed by atoms with Crippen LogP contribution in [0.15, 0.2) is 35.0 Å². The molecule has 1 aromatic carbocycles. The lowest BCUT2D eigenvalue weighted by atomic mass is 10.1.